The molecule has 166 valence electrons. The predicted molar refractivity (Wildman–Crippen MR) is 137 cm³/mol. The van der Waals surface area contributed by atoms with Gasteiger partial charge in [0.15, 0.2) is 5.96 Å². The van der Waals surface area contributed by atoms with Crippen LogP contribution in [-0.2, 0) is 6.42 Å². The number of hydrogen-bond acceptors (Lipinski definition) is 3. The lowest BCUT2D eigenvalue weighted by atomic mass is 10.1. The van der Waals surface area contributed by atoms with E-state index in [9.17, 15) is 9.90 Å². The second-order valence-corrected chi connectivity index (χ2v) is 7.05. The number of nitrogens with one attached hydrogen (secondary N) is 4. The number of carbonyl (C=O) groups excluding carboxylic acids is 1. The van der Waals surface area contributed by atoms with Crippen LogP contribution in [0.1, 0.15) is 28.4 Å². The summed E-state index contributed by atoms with van der Waals surface area (Å²) in [6.07, 6.45) is 2.91. The summed E-state index contributed by atoms with van der Waals surface area (Å²) in [6.45, 7) is 6.57. The number of nitrogens with zero attached hydrogens (tertiary/aromatic N) is 1. The van der Waals surface area contributed by atoms with Crippen LogP contribution in [0.4, 0.5) is 0 Å². The number of phenols is 1. The Morgan fingerprint density at radius 1 is 1.06 bits per heavy atom. The number of hydrogen-bond donors (Lipinski definition) is 5. The summed E-state index contributed by atoms with van der Waals surface area (Å²) in [6, 6.07) is 12.5. The Bertz CT molecular complexity index is 1010. The maximum Gasteiger partial charge on any atom is 0.251 e. The maximum atomic E-state index is 12.1. The third kappa shape index (κ3) is 6.88. The van der Waals surface area contributed by atoms with Crippen LogP contribution in [0.15, 0.2) is 53.7 Å². The number of fused-ring (bicyclic) bond motifs is 1. The molecule has 1 aromatic heterocycles. The minimum Gasteiger partial charge on any atom is -0.508 e. The number of benzene rings is 2. The number of aromatic nitrogens is 1. The van der Waals surface area contributed by atoms with Crippen LogP contribution in [0.5, 0.6) is 5.75 Å². The molecule has 2 aromatic carbocycles. The van der Waals surface area contributed by atoms with E-state index in [4.69, 9.17) is 0 Å². The van der Waals surface area contributed by atoms with Gasteiger partial charge in [0.25, 0.3) is 5.91 Å². The molecule has 0 aliphatic heterocycles. The molecule has 7 nitrogen and oxygen atoms in total. The Labute approximate surface area is 199 Å². The molecule has 8 heteroatoms. The van der Waals surface area contributed by atoms with Gasteiger partial charge < -0.3 is 26.0 Å². The number of phenolic OH excluding ortho intramolecular Hbond substituents is 1. The molecule has 0 saturated heterocycles. The number of aromatic hydroxyl groups is 1. The molecule has 1 amide bonds. The molecule has 0 fully saturated rings. The van der Waals surface area contributed by atoms with Gasteiger partial charge in [-0.2, -0.15) is 0 Å². The average molecular weight is 535 g/mol. The van der Waals surface area contributed by atoms with E-state index in [0.29, 0.717) is 25.2 Å². The van der Waals surface area contributed by atoms with E-state index in [0.717, 1.165) is 18.9 Å². The first-order chi connectivity index (χ1) is 14.6. The van der Waals surface area contributed by atoms with Crippen molar-refractivity contribution < 1.29 is 9.90 Å². The van der Waals surface area contributed by atoms with E-state index in [-0.39, 0.29) is 35.6 Å². The minimum atomic E-state index is -0.173. The predicted octanol–water partition coefficient (Wildman–Crippen LogP) is 3.33. The zero-order valence-corrected chi connectivity index (χ0v) is 20.2. The van der Waals surface area contributed by atoms with Gasteiger partial charge in [0, 0.05) is 48.8 Å². The lowest BCUT2D eigenvalue weighted by Gasteiger charge is -2.12. The van der Waals surface area contributed by atoms with Crippen molar-refractivity contribution in [2.24, 2.45) is 4.99 Å². The molecule has 0 atom stereocenters. The van der Waals surface area contributed by atoms with E-state index in [1.54, 1.807) is 12.1 Å². The smallest absolute Gasteiger partial charge is 0.251 e. The average Bonchev–Trinajstić information content (AvgIpc) is 3.16. The lowest BCUT2D eigenvalue weighted by molar-refractivity contribution is 0.0954. The summed E-state index contributed by atoms with van der Waals surface area (Å²) in [4.78, 5) is 20.1. The van der Waals surface area contributed by atoms with Crippen molar-refractivity contribution in [3.8, 4) is 5.75 Å². The normalized spacial score (nSPS) is 11.1. The molecule has 31 heavy (non-hydrogen) atoms. The molecule has 5 N–H and O–H groups in total. The molecular weight excluding hydrogens is 505 g/mol. The van der Waals surface area contributed by atoms with E-state index in [2.05, 4.69) is 57.2 Å². The van der Waals surface area contributed by atoms with Gasteiger partial charge in [-0.25, -0.2) is 0 Å². The maximum absolute atomic E-state index is 12.1. The number of aryl methyl sites for hydroxylation is 1. The van der Waals surface area contributed by atoms with Gasteiger partial charge in [-0.1, -0.05) is 18.2 Å². The number of H-pyrrole nitrogens is 1. The Balaban J connectivity index is 0.00000341. The fourth-order valence-electron chi connectivity index (χ4n) is 3.27. The largest absolute Gasteiger partial charge is 0.508 e. The fraction of sp³-hybridized carbons (Fsp3) is 0.304. The molecule has 3 aromatic rings. The topological polar surface area (TPSA) is 102 Å². The quantitative estimate of drug-likeness (QED) is 0.132. The van der Waals surface area contributed by atoms with E-state index in [1.165, 1.54) is 34.2 Å². The summed E-state index contributed by atoms with van der Waals surface area (Å²) < 4.78 is 0. The number of guanidine groups is 1. The van der Waals surface area contributed by atoms with Crippen LogP contribution >= 0.6 is 24.0 Å². The van der Waals surface area contributed by atoms with Crippen molar-refractivity contribution in [3.05, 3.63) is 65.4 Å². The van der Waals surface area contributed by atoms with Crippen LogP contribution in [0.2, 0.25) is 0 Å². The van der Waals surface area contributed by atoms with Gasteiger partial charge >= 0.3 is 0 Å². The summed E-state index contributed by atoms with van der Waals surface area (Å²) in [5.74, 6) is 0.697. The summed E-state index contributed by atoms with van der Waals surface area (Å²) in [7, 11) is 0. The fourth-order valence-corrected chi connectivity index (χ4v) is 3.27. The molecule has 0 unspecified atom stereocenters. The molecule has 1 heterocycles. The van der Waals surface area contributed by atoms with Gasteiger partial charge in [0.05, 0.1) is 0 Å². The number of aliphatic imine (C=N–C) groups is 1. The second-order valence-electron chi connectivity index (χ2n) is 7.05. The number of carbonyl (C=O) groups is 1. The van der Waals surface area contributed by atoms with E-state index < -0.39 is 0 Å². The Kier molecular flexibility index (Phi) is 9.64. The van der Waals surface area contributed by atoms with Crippen LogP contribution in [0.3, 0.4) is 0 Å². The molecule has 0 bridgehead atoms. The standard InChI is InChI=1S/C23H29N5O2.HI/c1-3-24-23(27-14-13-25-22(30)17-7-9-19(29)10-8-17)26-12-11-18-15-28-21-16(2)5-4-6-20(18)21;/h4-10,15,28-29H,3,11-14H2,1-2H3,(H,25,30)(H2,24,26,27);1H. The third-order valence-corrected chi connectivity index (χ3v) is 4.84. The first-order valence-electron chi connectivity index (χ1n) is 10.2. The SMILES string of the molecule is CCNC(=NCCc1c[nH]c2c(C)cccc12)NCCNC(=O)c1ccc(O)cc1.I. The van der Waals surface area contributed by atoms with Gasteiger partial charge in [0.2, 0.25) is 0 Å². The molecule has 0 aliphatic carbocycles. The Morgan fingerprint density at radius 2 is 1.81 bits per heavy atom. The van der Waals surface area contributed by atoms with Crippen LogP contribution in [-0.4, -0.2) is 48.1 Å². The van der Waals surface area contributed by atoms with Crippen LogP contribution in [0, 0.1) is 6.92 Å². The van der Waals surface area contributed by atoms with Gasteiger partial charge in [-0.15, -0.1) is 24.0 Å². The monoisotopic (exact) mass is 535 g/mol. The number of aromatic amines is 1. The summed E-state index contributed by atoms with van der Waals surface area (Å²) in [5.41, 5.74) is 4.20. The van der Waals surface area contributed by atoms with Gasteiger partial charge in [0.1, 0.15) is 5.75 Å². The lowest BCUT2D eigenvalue weighted by Crippen LogP contribution is -2.41. The van der Waals surface area contributed by atoms with Crippen molar-refractivity contribution in [1.29, 1.82) is 0 Å². The number of rotatable bonds is 8. The second kappa shape index (κ2) is 12.2. The summed E-state index contributed by atoms with van der Waals surface area (Å²) in [5, 5.41) is 19.9. The summed E-state index contributed by atoms with van der Waals surface area (Å²) >= 11 is 0. The molecule has 0 spiro atoms. The first kappa shape index (κ1) is 24.5. The molecular formula is C23H30IN5O2. The molecule has 0 saturated carbocycles. The highest BCUT2D eigenvalue weighted by atomic mass is 127. The molecule has 0 aliphatic rings. The highest BCUT2D eigenvalue weighted by Gasteiger charge is 2.06. The van der Waals surface area contributed by atoms with Crippen LogP contribution < -0.4 is 16.0 Å². The van der Waals surface area contributed by atoms with Crippen LogP contribution in [0.25, 0.3) is 10.9 Å². The van der Waals surface area contributed by atoms with Crippen molar-refractivity contribution in [3.63, 3.8) is 0 Å². The molecule has 3 rings (SSSR count). The number of amides is 1. The van der Waals surface area contributed by atoms with Gasteiger partial charge in [-0.3, -0.25) is 9.79 Å². The first-order valence-corrected chi connectivity index (χ1v) is 10.2. The van der Waals surface area contributed by atoms with E-state index in [1.807, 2.05) is 6.92 Å². The third-order valence-electron chi connectivity index (χ3n) is 4.84. The number of para-hydroxylation sites is 1. The highest BCUT2D eigenvalue weighted by Crippen LogP contribution is 2.21. The zero-order valence-electron chi connectivity index (χ0n) is 17.9. The minimum absolute atomic E-state index is 0. The van der Waals surface area contributed by atoms with Crippen molar-refractivity contribution >= 4 is 46.7 Å². The van der Waals surface area contributed by atoms with E-state index >= 15 is 0 Å². The van der Waals surface area contributed by atoms with Crippen molar-refractivity contribution in [2.75, 3.05) is 26.2 Å². The van der Waals surface area contributed by atoms with Crippen molar-refractivity contribution in [1.82, 2.24) is 20.9 Å². The Morgan fingerprint density at radius 3 is 2.55 bits per heavy atom. The Hall–Kier alpha value is -2.75. The number of halogens is 1. The van der Waals surface area contributed by atoms with Gasteiger partial charge in [-0.05, 0) is 55.7 Å². The van der Waals surface area contributed by atoms with Crippen molar-refractivity contribution in [2.45, 2.75) is 20.3 Å². The molecule has 0 radical (unpaired) electrons. The zero-order chi connectivity index (χ0) is 21.3. The highest BCUT2D eigenvalue weighted by molar-refractivity contribution is 14.0.